The van der Waals surface area contributed by atoms with Gasteiger partial charge in [-0.3, -0.25) is 0 Å². The normalized spacial score (nSPS) is 19.9. The van der Waals surface area contributed by atoms with Crippen LogP contribution in [0, 0.1) is 12.8 Å². The third-order valence-electron chi connectivity index (χ3n) is 3.52. The summed E-state index contributed by atoms with van der Waals surface area (Å²) in [6, 6.07) is 6.76. The zero-order valence-electron chi connectivity index (χ0n) is 10.6. The zero-order chi connectivity index (χ0) is 12.3. The Bertz CT molecular complexity index is 380. The van der Waals surface area contributed by atoms with Crippen LogP contribution < -0.4 is 4.90 Å². The molecule has 0 spiro atoms. The van der Waals surface area contributed by atoms with Crippen molar-refractivity contribution in [2.45, 2.75) is 18.7 Å². The lowest BCUT2D eigenvalue weighted by Crippen LogP contribution is -2.21. The van der Waals surface area contributed by atoms with Crippen molar-refractivity contribution in [3.63, 3.8) is 0 Å². The maximum absolute atomic E-state index is 5.24. The van der Waals surface area contributed by atoms with E-state index in [0.29, 0.717) is 5.92 Å². The van der Waals surface area contributed by atoms with Gasteiger partial charge in [0.15, 0.2) is 0 Å². The van der Waals surface area contributed by atoms with Crippen molar-refractivity contribution in [3.05, 3.63) is 29.3 Å². The Hall–Kier alpha value is -0.540. The number of hydrogen-bond donors (Lipinski definition) is 0. The Morgan fingerprint density at radius 3 is 2.94 bits per heavy atom. The van der Waals surface area contributed by atoms with Crippen LogP contribution in [0.15, 0.2) is 18.2 Å². The van der Waals surface area contributed by atoms with Gasteiger partial charge in [0, 0.05) is 37.1 Å². The summed E-state index contributed by atoms with van der Waals surface area (Å²) in [6.45, 7) is 5.35. The van der Waals surface area contributed by atoms with Gasteiger partial charge in [-0.05, 0) is 36.6 Å². The van der Waals surface area contributed by atoms with E-state index in [4.69, 9.17) is 4.74 Å². The molecule has 1 aliphatic heterocycles. The van der Waals surface area contributed by atoms with Crippen LogP contribution in [0.1, 0.15) is 17.5 Å². The highest BCUT2D eigenvalue weighted by molar-refractivity contribution is 9.08. The van der Waals surface area contributed by atoms with E-state index in [1.165, 1.54) is 23.2 Å². The summed E-state index contributed by atoms with van der Waals surface area (Å²) in [6.07, 6.45) is 1.24. The van der Waals surface area contributed by atoms with Crippen molar-refractivity contribution >= 4 is 21.6 Å². The van der Waals surface area contributed by atoms with Crippen molar-refractivity contribution in [3.8, 4) is 0 Å². The van der Waals surface area contributed by atoms with E-state index in [0.717, 1.165) is 25.0 Å². The number of ether oxygens (including phenoxy) is 1. The van der Waals surface area contributed by atoms with E-state index in [9.17, 15) is 0 Å². The second kappa shape index (κ2) is 5.87. The first-order valence-corrected chi connectivity index (χ1v) is 7.26. The fourth-order valence-corrected chi connectivity index (χ4v) is 3.09. The molecule has 0 radical (unpaired) electrons. The van der Waals surface area contributed by atoms with Crippen LogP contribution in [0.3, 0.4) is 0 Å². The molecule has 1 atom stereocenters. The summed E-state index contributed by atoms with van der Waals surface area (Å²) in [7, 11) is 1.79. The maximum Gasteiger partial charge on any atom is 0.0508 e. The quantitative estimate of drug-likeness (QED) is 0.790. The smallest absolute Gasteiger partial charge is 0.0508 e. The van der Waals surface area contributed by atoms with Crippen LogP contribution >= 0.6 is 15.9 Å². The molecule has 2 rings (SSSR count). The number of halogens is 1. The minimum Gasteiger partial charge on any atom is -0.384 e. The summed E-state index contributed by atoms with van der Waals surface area (Å²) >= 11 is 3.52. The van der Waals surface area contributed by atoms with Gasteiger partial charge in [0.1, 0.15) is 0 Å². The Morgan fingerprint density at radius 2 is 2.29 bits per heavy atom. The minimum absolute atomic E-state index is 0.691. The number of rotatable bonds is 4. The lowest BCUT2D eigenvalue weighted by atomic mass is 10.1. The molecule has 0 bridgehead atoms. The predicted octanol–water partition coefficient (Wildman–Crippen LogP) is 3.36. The Labute approximate surface area is 112 Å². The number of alkyl halides is 1. The average molecular weight is 298 g/mol. The standard InChI is InChI=1S/C14H20BrNO/c1-11-7-14(4-3-13(11)8-15)16-6-5-12(9-16)10-17-2/h3-4,7,12H,5-6,8-10H2,1-2H3. The van der Waals surface area contributed by atoms with Gasteiger partial charge in [-0.1, -0.05) is 22.0 Å². The molecule has 0 N–H and O–H groups in total. The summed E-state index contributed by atoms with van der Waals surface area (Å²) in [5.41, 5.74) is 4.10. The lowest BCUT2D eigenvalue weighted by Gasteiger charge is -2.20. The Morgan fingerprint density at radius 1 is 1.47 bits per heavy atom. The lowest BCUT2D eigenvalue weighted by molar-refractivity contribution is 0.161. The Balaban J connectivity index is 2.06. The van der Waals surface area contributed by atoms with E-state index >= 15 is 0 Å². The van der Waals surface area contributed by atoms with E-state index in [-0.39, 0.29) is 0 Å². The van der Waals surface area contributed by atoms with Gasteiger partial charge >= 0.3 is 0 Å². The predicted molar refractivity (Wildman–Crippen MR) is 76.0 cm³/mol. The van der Waals surface area contributed by atoms with E-state index < -0.39 is 0 Å². The van der Waals surface area contributed by atoms with Gasteiger partial charge in [0.25, 0.3) is 0 Å². The fraction of sp³-hybridized carbons (Fsp3) is 0.571. The molecule has 94 valence electrons. The SMILES string of the molecule is COCC1CCN(c2ccc(CBr)c(C)c2)C1. The van der Waals surface area contributed by atoms with Gasteiger partial charge < -0.3 is 9.64 Å². The van der Waals surface area contributed by atoms with Crippen LogP contribution in [-0.4, -0.2) is 26.8 Å². The number of methoxy groups -OCH3 is 1. The van der Waals surface area contributed by atoms with Crippen molar-refractivity contribution in [2.24, 2.45) is 5.92 Å². The third-order valence-corrected chi connectivity index (χ3v) is 4.13. The molecule has 0 aliphatic carbocycles. The molecule has 1 saturated heterocycles. The molecule has 1 fully saturated rings. The number of benzene rings is 1. The van der Waals surface area contributed by atoms with E-state index in [2.05, 4.69) is 46.0 Å². The molecule has 1 aliphatic rings. The molecule has 1 heterocycles. The minimum atomic E-state index is 0.691. The summed E-state index contributed by atoms with van der Waals surface area (Å²) in [4.78, 5) is 2.47. The molecule has 1 aromatic carbocycles. The zero-order valence-corrected chi connectivity index (χ0v) is 12.2. The molecule has 3 heteroatoms. The van der Waals surface area contributed by atoms with Gasteiger partial charge in [-0.15, -0.1) is 0 Å². The summed E-state index contributed by atoms with van der Waals surface area (Å²) in [5, 5.41) is 0.936. The largest absolute Gasteiger partial charge is 0.384 e. The molecule has 0 aromatic heterocycles. The molecule has 1 aromatic rings. The number of nitrogens with zero attached hydrogens (tertiary/aromatic N) is 1. The highest BCUT2D eigenvalue weighted by atomic mass is 79.9. The first-order chi connectivity index (χ1) is 8.24. The van der Waals surface area contributed by atoms with E-state index in [1.807, 2.05) is 0 Å². The first-order valence-electron chi connectivity index (χ1n) is 6.14. The van der Waals surface area contributed by atoms with Crippen molar-refractivity contribution in [2.75, 3.05) is 31.7 Å². The van der Waals surface area contributed by atoms with E-state index in [1.54, 1.807) is 7.11 Å². The molecule has 1 unspecified atom stereocenters. The van der Waals surface area contributed by atoms with Gasteiger partial charge in [-0.2, -0.15) is 0 Å². The summed E-state index contributed by atoms with van der Waals surface area (Å²) < 4.78 is 5.24. The van der Waals surface area contributed by atoms with Crippen LogP contribution in [0.4, 0.5) is 5.69 Å². The third kappa shape index (κ3) is 3.02. The van der Waals surface area contributed by atoms with Gasteiger partial charge in [0.2, 0.25) is 0 Å². The number of aryl methyl sites for hydroxylation is 1. The number of hydrogen-bond acceptors (Lipinski definition) is 2. The second-order valence-electron chi connectivity index (χ2n) is 4.80. The van der Waals surface area contributed by atoms with Crippen LogP contribution in [0.5, 0.6) is 0 Å². The Kier molecular flexibility index (Phi) is 4.46. The second-order valence-corrected chi connectivity index (χ2v) is 5.36. The molecular formula is C14H20BrNO. The molecule has 2 nitrogen and oxygen atoms in total. The van der Waals surface area contributed by atoms with Gasteiger partial charge in [-0.25, -0.2) is 0 Å². The molecular weight excluding hydrogens is 278 g/mol. The van der Waals surface area contributed by atoms with Crippen LogP contribution in [-0.2, 0) is 10.1 Å². The fourth-order valence-electron chi connectivity index (χ4n) is 2.47. The maximum atomic E-state index is 5.24. The van der Waals surface area contributed by atoms with Crippen LogP contribution in [0.2, 0.25) is 0 Å². The highest BCUT2D eigenvalue weighted by Crippen LogP contribution is 2.26. The van der Waals surface area contributed by atoms with Crippen molar-refractivity contribution in [1.82, 2.24) is 0 Å². The topological polar surface area (TPSA) is 12.5 Å². The molecule has 0 saturated carbocycles. The summed E-state index contributed by atoms with van der Waals surface area (Å²) in [5.74, 6) is 0.691. The monoisotopic (exact) mass is 297 g/mol. The average Bonchev–Trinajstić information content (AvgIpc) is 2.78. The molecule has 0 amide bonds. The highest BCUT2D eigenvalue weighted by Gasteiger charge is 2.22. The molecule has 17 heavy (non-hydrogen) atoms. The van der Waals surface area contributed by atoms with Crippen molar-refractivity contribution < 1.29 is 4.74 Å². The van der Waals surface area contributed by atoms with Crippen LogP contribution in [0.25, 0.3) is 0 Å². The van der Waals surface area contributed by atoms with Crippen molar-refractivity contribution in [1.29, 1.82) is 0 Å². The first kappa shape index (κ1) is 12.9. The van der Waals surface area contributed by atoms with Gasteiger partial charge in [0.05, 0.1) is 6.61 Å². The number of anilines is 1.